The molecule has 1 fully saturated rings. The van der Waals surface area contributed by atoms with Crippen molar-refractivity contribution >= 4 is 10.0 Å². The van der Waals surface area contributed by atoms with Crippen molar-refractivity contribution in [3.8, 4) is 0 Å². The number of hydrogen-bond donors (Lipinski definition) is 2. The number of aliphatic hydroxyl groups excluding tert-OH is 1. The molecule has 0 bridgehead atoms. The molecule has 2 rings (SSSR count). The third-order valence-electron chi connectivity index (χ3n) is 3.82. The number of aliphatic hydroxyl groups is 1. The molecule has 1 aliphatic rings. The van der Waals surface area contributed by atoms with Gasteiger partial charge in [0.2, 0.25) is 10.0 Å². The highest BCUT2D eigenvalue weighted by Crippen LogP contribution is 2.24. The Morgan fingerprint density at radius 3 is 2.45 bits per heavy atom. The van der Waals surface area contributed by atoms with Gasteiger partial charge in [-0.3, -0.25) is 0 Å². The summed E-state index contributed by atoms with van der Waals surface area (Å²) in [6, 6.07) is 5.33. The molecule has 0 amide bonds. The summed E-state index contributed by atoms with van der Waals surface area (Å²) in [7, 11) is -3.45. The minimum atomic E-state index is -3.45. The van der Waals surface area contributed by atoms with Crippen molar-refractivity contribution in [2.45, 2.75) is 50.5 Å². The third kappa shape index (κ3) is 4.04. The summed E-state index contributed by atoms with van der Waals surface area (Å²) in [6.07, 6.45) is 3.19. The molecular formula is C15H23NO3S. The number of rotatable bonds is 4. The fourth-order valence-corrected chi connectivity index (χ4v) is 4.15. The zero-order valence-electron chi connectivity index (χ0n) is 12.1. The van der Waals surface area contributed by atoms with Gasteiger partial charge in [-0.2, -0.15) is 0 Å². The summed E-state index contributed by atoms with van der Waals surface area (Å²) in [5.74, 6) is 0.236. The summed E-state index contributed by atoms with van der Waals surface area (Å²) in [5.41, 5.74) is 1.89. The average Bonchev–Trinajstić information content (AvgIpc) is 2.35. The standard InChI is InChI=1S/C15H23NO3S/c1-11-6-12(2)8-15(7-11)20(18,19)16-10-13-4-3-5-14(17)9-13/h6-8,13-14,16-17H,3-5,9-10H2,1-2H3. The van der Waals surface area contributed by atoms with Crippen molar-refractivity contribution in [3.63, 3.8) is 0 Å². The van der Waals surface area contributed by atoms with Crippen molar-refractivity contribution in [2.24, 2.45) is 5.92 Å². The van der Waals surface area contributed by atoms with E-state index < -0.39 is 10.0 Å². The molecule has 0 spiro atoms. The summed E-state index contributed by atoms with van der Waals surface area (Å²) in [5, 5.41) is 9.62. The fourth-order valence-electron chi connectivity index (χ4n) is 2.85. The Hall–Kier alpha value is -0.910. The quantitative estimate of drug-likeness (QED) is 0.894. The van der Waals surface area contributed by atoms with Crippen LogP contribution in [0.4, 0.5) is 0 Å². The molecule has 20 heavy (non-hydrogen) atoms. The first-order valence-electron chi connectivity index (χ1n) is 7.13. The lowest BCUT2D eigenvalue weighted by Crippen LogP contribution is -2.33. The minimum Gasteiger partial charge on any atom is -0.393 e. The second-order valence-corrected chi connectivity index (χ2v) is 7.63. The summed E-state index contributed by atoms with van der Waals surface area (Å²) in [4.78, 5) is 0.325. The lowest BCUT2D eigenvalue weighted by molar-refractivity contribution is 0.102. The Kier molecular flexibility index (Phi) is 4.83. The van der Waals surface area contributed by atoms with Crippen LogP contribution in [0, 0.1) is 19.8 Å². The molecule has 4 nitrogen and oxygen atoms in total. The van der Waals surface area contributed by atoms with E-state index in [9.17, 15) is 13.5 Å². The van der Waals surface area contributed by atoms with Gasteiger partial charge in [-0.1, -0.05) is 12.5 Å². The Bertz CT molecular complexity index is 548. The van der Waals surface area contributed by atoms with Gasteiger partial charge in [0.25, 0.3) is 0 Å². The Morgan fingerprint density at radius 1 is 1.20 bits per heavy atom. The molecule has 2 unspecified atom stereocenters. The van der Waals surface area contributed by atoms with Crippen LogP contribution in [0.25, 0.3) is 0 Å². The molecule has 0 radical (unpaired) electrons. The molecule has 0 aromatic heterocycles. The van der Waals surface area contributed by atoms with Gasteiger partial charge in [0, 0.05) is 6.54 Å². The van der Waals surface area contributed by atoms with E-state index in [1.807, 2.05) is 19.9 Å². The van der Waals surface area contributed by atoms with E-state index in [1.54, 1.807) is 12.1 Å². The highest BCUT2D eigenvalue weighted by molar-refractivity contribution is 7.89. The Morgan fingerprint density at radius 2 is 1.85 bits per heavy atom. The third-order valence-corrected chi connectivity index (χ3v) is 5.23. The minimum absolute atomic E-state index is 0.236. The zero-order valence-corrected chi connectivity index (χ0v) is 12.9. The zero-order chi connectivity index (χ0) is 14.8. The monoisotopic (exact) mass is 297 g/mol. The highest BCUT2D eigenvalue weighted by atomic mass is 32.2. The van der Waals surface area contributed by atoms with Gasteiger partial charge in [-0.25, -0.2) is 13.1 Å². The van der Waals surface area contributed by atoms with E-state index in [2.05, 4.69) is 4.72 Å². The maximum atomic E-state index is 12.3. The largest absolute Gasteiger partial charge is 0.393 e. The van der Waals surface area contributed by atoms with E-state index in [1.165, 1.54) is 0 Å². The lowest BCUT2D eigenvalue weighted by Gasteiger charge is -2.25. The molecular weight excluding hydrogens is 274 g/mol. The molecule has 1 aromatic carbocycles. The number of benzene rings is 1. The van der Waals surface area contributed by atoms with E-state index >= 15 is 0 Å². The van der Waals surface area contributed by atoms with Gasteiger partial charge in [0.1, 0.15) is 0 Å². The summed E-state index contributed by atoms with van der Waals surface area (Å²) < 4.78 is 27.3. The van der Waals surface area contributed by atoms with Crippen LogP contribution in [0.3, 0.4) is 0 Å². The van der Waals surface area contributed by atoms with Gasteiger partial charge < -0.3 is 5.11 Å². The predicted molar refractivity (Wildman–Crippen MR) is 79.1 cm³/mol. The van der Waals surface area contributed by atoms with Crippen LogP contribution in [-0.4, -0.2) is 26.2 Å². The summed E-state index contributed by atoms with van der Waals surface area (Å²) in [6.45, 7) is 4.19. The first-order valence-corrected chi connectivity index (χ1v) is 8.61. The molecule has 0 heterocycles. The number of aryl methyl sites for hydroxylation is 2. The van der Waals surface area contributed by atoms with Crippen molar-refractivity contribution in [1.29, 1.82) is 0 Å². The normalized spacial score (nSPS) is 23.8. The van der Waals surface area contributed by atoms with Gasteiger partial charge >= 0.3 is 0 Å². The van der Waals surface area contributed by atoms with Crippen LogP contribution in [0.15, 0.2) is 23.1 Å². The average molecular weight is 297 g/mol. The van der Waals surface area contributed by atoms with Crippen molar-refractivity contribution in [2.75, 3.05) is 6.54 Å². The van der Waals surface area contributed by atoms with E-state index in [-0.39, 0.29) is 12.0 Å². The van der Waals surface area contributed by atoms with Gasteiger partial charge in [0.05, 0.1) is 11.0 Å². The maximum Gasteiger partial charge on any atom is 0.240 e. The molecule has 1 aliphatic carbocycles. The number of hydrogen-bond acceptors (Lipinski definition) is 3. The molecule has 2 N–H and O–H groups in total. The van der Waals surface area contributed by atoms with E-state index in [0.29, 0.717) is 17.9 Å². The Balaban J connectivity index is 2.03. The number of nitrogens with one attached hydrogen (secondary N) is 1. The number of sulfonamides is 1. The highest BCUT2D eigenvalue weighted by Gasteiger charge is 2.22. The topological polar surface area (TPSA) is 66.4 Å². The van der Waals surface area contributed by atoms with E-state index in [0.717, 1.165) is 30.4 Å². The predicted octanol–water partition coefficient (Wildman–Crippen LogP) is 2.13. The van der Waals surface area contributed by atoms with Crippen LogP contribution >= 0.6 is 0 Å². The molecule has 0 saturated heterocycles. The second kappa shape index (κ2) is 6.24. The van der Waals surface area contributed by atoms with Crippen LogP contribution in [0.1, 0.15) is 36.8 Å². The van der Waals surface area contributed by atoms with Crippen LogP contribution in [-0.2, 0) is 10.0 Å². The first kappa shape index (κ1) is 15.5. The summed E-state index contributed by atoms with van der Waals surface area (Å²) >= 11 is 0. The van der Waals surface area contributed by atoms with Crippen LogP contribution in [0.5, 0.6) is 0 Å². The van der Waals surface area contributed by atoms with Crippen molar-refractivity contribution in [3.05, 3.63) is 29.3 Å². The lowest BCUT2D eigenvalue weighted by atomic mass is 9.87. The molecule has 2 atom stereocenters. The molecule has 1 saturated carbocycles. The van der Waals surface area contributed by atoms with Gasteiger partial charge in [0.15, 0.2) is 0 Å². The van der Waals surface area contributed by atoms with E-state index in [4.69, 9.17) is 0 Å². The molecule has 0 aliphatic heterocycles. The van der Waals surface area contributed by atoms with Crippen molar-refractivity contribution < 1.29 is 13.5 Å². The van der Waals surface area contributed by atoms with Crippen molar-refractivity contribution in [1.82, 2.24) is 4.72 Å². The fraction of sp³-hybridized carbons (Fsp3) is 0.600. The molecule has 1 aromatic rings. The molecule has 5 heteroatoms. The SMILES string of the molecule is Cc1cc(C)cc(S(=O)(=O)NCC2CCCC(O)C2)c1. The second-order valence-electron chi connectivity index (χ2n) is 5.86. The van der Waals surface area contributed by atoms with Gasteiger partial charge in [-0.15, -0.1) is 0 Å². The van der Waals surface area contributed by atoms with Crippen LogP contribution in [0.2, 0.25) is 0 Å². The molecule has 112 valence electrons. The first-order chi connectivity index (χ1) is 9.37. The smallest absolute Gasteiger partial charge is 0.240 e. The Labute approximate surface area is 121 Å². The van der Waals surface area contributed by atoms with Crippen LogP contribution < -0.4 is 4.72 Å². The maximum absolute atomic E-state index is 12.3. The van der Waals surface area contributed by atoms with Gasteiger partial charge in [-0.05, 0) is 62.3 Å².